The highest BCUT2D eigenvalue weighted by Crippen LogP contribution is 2.40. The van der Waals surface area contributed by atoms with Gasteiger partial charge in [0.15, 0.2) is 5.17 Å². The number of thioether (sulfide) groups is 1. The first-order chi connectivity index (χ1) is 14.7. The standard InChI is InChI=1S/C24H22N2O2S2/c1-2-15-29-24-25-21-9-5-6-10-22(21)30-26(24)16-17-11-13-18(14-12-17)19-7-3-4-8-20(19)23(27)28/h3-14H,2,15-16H2,1H3,(H,27,28). The molecule has 0 bridgehead atoms. The topological polar surface area (TPSA) is 52.9 Å². The number of hydrogen-bond acceptors (Lipinski definition) is 5. The number of amidine groups is 1. The first kappa shape index (κ1) is 20.6. The van der Waals surface area contributed by atoms with Crippen LogP contribution in [0.1, 0.15) is 29.3 Å². The highest BCUT2D eigenvalue weighted by molar-refractivity contribution is 8.15. The van der Waals surface area contributed by atoms with Crippen molar-refractivity contribution in [3.8, 4) is 11.1 Å². The van der Waals surface area contributed by atoms with E-state index in [-0.39, 0.29) is 0 Å². The van der Waals surface area contributed by atoms with Crippen LogP contribution < -0.4 is 0 Å². The minimum Gasteiger partial charge on any atom is -0.478 e. The van der Waals surface area contributed by atoms with Gasteiger partial charge in [-0.25, -0.2) is 9.79 Å². The van der Waals surface area contributed by atoms with Gasteiger partial charge < -0.3 is 5.11 Å². The van der Waals surface area contributed by atoms with Crippen molar-refractivity contribution in [3.05, 3.63) is 83.9 Å². The Balaban J connectivity index is 1.56. The fraction of sp³-hybridized carbons (Fsp3) is 0.167. The van der Waals surface area contributed by atoms with E-state index in [1.807, 2.05) is 36.4 Å². The Morgan fingerprint density at radius 1 is 1.03 bits per heavy atom. The smallest absolute Gasteiger partial charge is 0.336 e. The molecule has 3 aromatic carbocycles. The van der Waals surface area contributed by atoms with Crippen molar-refractivity contribution in [3.63, 3.8) is 0 Å². The number of fused-ring (bicyclic) bond motifs is 1. The third-order valence-electron chi connectivity index (χ3n) is 4.69. The molecule has 152 valence electrons. The highest BCUT2D eigenvalue weighted by atomic mass is 32.2. The normalized spacial score (nSPS) is 13.0. The van der Waals surface area contributed by atoms with Crippen LogP contribution >= 0.6 is 23.7 Å². The SMILES string of the molecule is CCCSC1=Nc2ccccc2SN1Cc1ccc(-c2ccccc2C(=O)O)cc1. The van der Waals surface area contributed by atoms with Crippen molar-refractivity contribution in [1.82, 2.24) is 4.31 Å². The second-order valence-corrected chi connectivity index (χ2v) is 9.01. The minimum atomic E-state index is -0.910. The van der Waals surface area contributed by atoms with E-state index in [1.165, 1.54) is 0 Å². The van der Waals surface area contributed by atoms with Crippen molar-refractivity contribution < 1.29 is 9.90 Å². The predicted molar refractivity (Wildman–Crippen MR) is 127 cm³/mol. The Kier molecular flexibility index (Phi) is 6.45. The summed E-state index contributed by atoms with van der Waals surface area (Å²) in [5.41, 5.74) is 4.14. The lowest BCUT2D eigenvalue weighted by Crippen LogP contribution is -2.23. The molecule has 0 unspecified atom stereocenters. The number of nitrogens with zero attached hydrogens (tertiary/aromatic N) is 2. The first-order valence-electron chi connectivity index (χ1n) is 9.83. The summed E-state index contributed by atoms with van der Waals surface area (Å²) in [7, 11) is 0. The molecule has 0 atom stereocenters. The molecule has 0 spiro atoms. The Morgan fingerprint density at radius 3 is 2.53 bits per heavy atom. The van der Waals surface area contributed by atoms with Crippen LogP contribution in [0.4, 0.5) is 5.69 Å². The van der Waals surface area contributed by atoms with Crippen molar-refractivity contribution in [2.45, 2.75) is 24.8 Å². The summed E-state index contributed by atoms with van der Waals surface area (Å²) in [4.78, 5) is 17.6. The van der Waals surface area contributed by atoms with E-state index >= 15 is 0 Å². The zero-order chi connectivity index (χ0) is 20.9. The number of hydrogen-bond donors (Lipinski definition) is 1. The Morgan fingerprint density at radius 2 is 1.77 bits per heavy atom. The lowest BCUT2D eigenvalue weighted by atomic mass is 9.99. The van der Waals surface area contributed by atoms with Crippen molar-refractivity contribution >= 4 is 40.5 Å². The van der Waals surface area contributed by atoms with Gasteiger partial charge in [-0.1, -0.05) is 73.3 Å². The third kappa shape index (κ3) is 4.55. The Hall–Kier alpha value is -2.70. The zero-order valence-electron chi connectivity index (χ0n) is 16.6. The van der Waals surface area contributed by atoms with Crippen molar-refractivity contribution in [2.75, 3.05) is 5.75 Å². The summed E-state index contributed by atoms with van der Waals surface area (Å²) >= 11 is 3.50. The summed E-state index contributed by atoms with van der Waals surface area (Å²) in [5, 5.41) is 10.5. The highest BCUT2D eigenvalue weighted by Gasteiger charge is 2.21. The fourth-order valence-corrected chi connectivity index (χ4v) is 5.16. The van der Waals surface area contributed by atoms with E-state index < -0.39 is 5.97 Å². The molecule has 1 aliphatic heterocycles. The Bertz CT molecular complexity index is 1080. The summed E-state index contributed by atoms with van der Waals surface area (Å²) in [6, 6.07) is 23.5. The Labute approximate surface area is 185 Å². The lowest BCUT2D eigenvalue weighted by molar-refractivity contribution is 0.0697. The van der Waals surface area contributed by atoms with Crippen LogP contribution in [0.5, 0.6) is 0 Å². The van der Waals surface area contributed by atoms with Gasteiger partial charge in [0.25, 0.3) is 0 Å². The summed E-state index contributed by atoms with van der Waals surface area (Å²) in [6.45, 7) is 2.91. The van der Waals surface area contributed by atoms with E-state index in [0.29, 0.717) is 5.56 Å². The van der Waals surface area contributed by atoms with Crippen LogP contribution in [-0.2, 0) is 6.54 Å². The number of aromatic carboxylic acids is 1. The second kappa shape index (κ2) is 9.41. The molecular weight excluding hydrogens is 412 g/mol. The third-order valence-corrected chi connectivity index (χ3v) is 7.05. The molecule has 1 heterocycles. The molecule has 0 saturated carbocycles. The quantitative estimate of drug-likeness (QED) is 0.437. The zero-order valence-corrected chi connectivity index (χ0v) is 18.2. The van der Waals surface area contributed by atoms with E-state index in [4.69, 9.17) is 4.99 Å². The van der Waals surface area contributed by atoms with Crippen LogP contribution in [-0.4, -0.2) is 26.3 Å². The number of aliphatic imine (C=N–C) groups is 1. The molecule has 1 N–H and O–H groups in total. The van der Waals surface area contributed by atoms with Crippen molar-refractivity contribution in [1.29, 1.82) is 0 Å². The number of carboxylic acid groups (broad SMARTS) is 1. The molecule has 0 saturated heterocycles. The average molecular weight is 435 g/mol. The van der Waals surface area contributed by atoms with E-state index in [0.717, 1.165) is 51.2 Å². The monoisotopic (exact) mass is 434 g/mol. The molecule has 0 radical (unpaired) electrons. The number of carboxylic acids is 1. The van der Waals surface area contributed by atoms with Crippen molar-refractivity contribution in [2.24, 2.45) is 4.99 Å². The molecule has 4 nitrogen and oxygen atoms in total. The maximum atomic E-state index is 11.5. The molecule has 0 aliphatic carbocycles. The van der Waals surface area contributed by atoms with Crippen LogP contribution in [0.15, 0.2) is 82.7 Å². The van der Waals surface area contributed by atoms with Gasteiger partial charge in [0.1, 0.15) is 0 Å². The molecule has 0 amide bonds. The van der Waals surface area contributed by atoms with Gasteiger partial charge in [0.2, 0.25) is 0 Å². The van der Waals surface area contributed by atoms with Crippen LogP contribution in [0, 0.1) is 0 Å². The fourth-order valence-electron chi connectivity index (χ4n) is 3.22. The van der Waals surface area contributed by atoms with Gasteiger partial charge in [-0.3, -0.25) is 4.31 Å². The van der Waals surface area contributed by atoms with E-state index in [1.54, 1.807) is 35.8 Å². The number of rotatable bonds is 6. The molecule has 1 aliphatic rings. The van der Waals surface area contributed by atoms with Gasteiger partial charge in [-0.15, -0.1) is 0 Å². The largest absolute Gasteiger partial charge is 0.478 e. The van der Waals surface area contributed by atoms with Crippen LogP contribution in [0.25, 0.3) is 11.1 Å². The minimum absolute atomic E-state index is 0.318. The van der Waals surface area contributed by atoms with Gasteiger partial charge in [-0.05, 0) is 53.3 Å². The lowest BCUT2D eigenvalue weighted by Gasteiger charge is -2.28. The van der Waals surface area contributed by atoms with Gasteiger partial charge >= 0.3 is 5.97 Å². The van der Waals surface area contributed by atoms with Gasteiger partial charge in [0, 0.05) is 5.75 Å². The molecule has 3 aromatic rings. The summed E-state index contributed by atoms with van der Waals surface area (Å²) in [5.74, 6) is 0.120. The summed E-state index contributed by atoms with van der Waals surface area (Å²) < 4.78 is 2.24. The maximum Gasteiger partial charge on any atom is 0.336 e. The molecule has 0 fully saturated rings. The number of carbonyl (C=O) groups is 1. The van der Waals surface area contributed by atoms with Gasteiger partial charge in [0.05, 0.1) is 22.7 Å². The van der Waals surface area contributed by atoms with Gasteiger partial charge in [-0.2, -0.15) is 0 Å². The number of para-hydroxylation sites is 1. The van der Waals surface area contributed by atoms with Crippen LogP contribution in [0.2, 0.25) is 0 Å². The molecule has 6 heteroatoms. The van der Waals surface area contributed by atoms with E-state index in [2.05, 4.69) is 35.5 Å². The molecule has 4 rings (SSSR count). The molecular formula is C24H22N2O2S2. The maximum absolute atomic E-state index is 11.5. The predicted octanol–water partition coefficient (Wildman–Crippen LogP) is 6.71. The second-order valence-electron chi connectivity index (χ2n) is 6.89. The molecule has 30 heavy (non-hydrogen) atoms. The molecule has 0 aromatic heterocycles. The van der Waals surface area contributed by atoms with Crippen LogP contribution in [0.3, 0.4) is 0 Å². The average Bonchev–Trinajstić information content (AvgIpc) is 2.78. The van der Waals surface area contributed by atoms with E-state index in [9.17, 15) is 9.90 Å². The summed E-state index contributed by atoms with van der Waals surface area (Å²) in [6.07, 6.45) is 1.10. The first-order valence-corrected chi connectivity index (χ1v) is 11.6. The number of benzene rings is 3.